The molecule has 0 radical (unpaired) electrons. The molecule has 1 rings (SSSR count). The van der Waals surface area contributed by atoms with Gasteiger partial charge in [0.2, 0.25) is 0 Å². The lowest BCUT2D eigenvalue weighted by Gasteiger charge is -2.22. The third kappa shape index (κ3) is 6.61. The van der Waals surface area contributed by atoms with Gasteiger partial charge in [0.1, 0.15) is 0 Å². The first-order valence-corrected chi connectivity index (χ1v) is 6.88. The van der Waals surface area contributed by atoms with Crippen LogP contribution in [0.2, 0.25) is 0 Å². The highest BCUT2D eigenvalue weighted by molar-refractivity contribution is 5.89. The van der Waals surface area contributed by atoms with E-state index in [1.165, 1.54) is 6.08 Å². The molecule has 0 saturated carbocycles. The number of rotatable bonds is 6. The van der Waals surface area contributed by atoms with Crippen molar-refractivity contribution in [1.82, 2.24) is 5.32 Å². The number of aliphatic carboxylic acids is 1. The second-order valence-electron chi connectivity index (χ2n) is 5.62. The van der Waals surface area contributed by atoms with Crippen LogP contribution in [0.4, 0.5) is 10.5 Å². The van der Waals surface area contributed by atoms with Crippen LogP contribution in [0.25, 0.3) is 6.08 Å². The first kappa shape index (κ1) is 16.8. The van der Waals surface area contributed by atoms with Crippen molar-refractivity contribution in [3.63, 3.8) is 0 Å². The highest BCUT2D eigenvalue weighted by Crippen LogP contribution is 2.17. The van der Waals surface area contributed by atoms with Crippen molar-refractivity contribution in [2.75, 3.05) is 11.9 Å². The molecule has 0 aliphatic carbocycles. The number of carbonyl (C=O) groups excluding carboxylic acids is 1. The van der Waals surface area contributed by atoms with Crippen LogP contribution in [-0.2, 0) is 4.79 Å². The average Bonchev–Trinajstić information content (AvgIpc) is 2.44. The van der Waals surface area contributed by atoms with E-state index in [4.69, 9.17) is 5.11 Å². The fourth-order valence-corrected chi connectivity index (χ4v) is 1.46. The maximum absolute atomic E-state index is 11.8. The number of benzene rings is 1. The van der Waals surface area contributed by atoms with Gasteiger partial charge in [-0.2, -0.15) is 0 Å². The van der Waals surface area contributed by atoms with Crippen LogP contribution in [0.5, 0.6) is 0 Å². The van der Waals surface area contributed by atoms with Crippen molar-refractivity contribution >= 4 is 23.8 Å². The largest absolute Gasteiger partial charge is 0.478 e. The summed E-state index contributed by atoms with van der Waals surface area (Å²) in [4.78, 5) is 22.2. The molecule has 3 N–H and O–H groups in total. The lowest BCUT2D eigenvalue weighted by molar-refractivity contribution is -0.131. The smallest absolute Gasteiger partial charge is 0.328 e. The minimum atomic E-state index is -0.991. The van der Waals surface area contributed by atoms with E-state index in [0.717, 1.165) is 18.1 Å². The molecule has 0 fully saturated rings. The number of hydrogen-bond acceptors (Lipinski definition) is 2. The summed E-state index contributed by atoms with van der Waals surface area (Å²) in [6, 6.07) is 6.69. The first-order chi connectivity index (χ1) is 9.82. The third-order valence-electron chi connectivity index (χ3n) is 3.27. The molecule has 1 aromatic rings. The van der Waals surface area contributed by atoms with Crippen LogP contribution >= 0.6 is 0 Å². The molecule has 1 aromatic carbocycles. The number of urea groups is 1. The highest BCUT2D eigenvalue weighted by Gasteiger charge is 2.15. The summed E-state index contributed by atoms with van der Waals surface area (Å²) >= 11 is 0. The Hall–Kier alpha value is -2.30. The topological polar surface area (TPSA) is 78.4 Å². The van der Waals surface area contributed by atoms with Crippen molar-refractivity contribution in [2.24, 2.45) is 5.41 Å². The van der Waals surface area contributed by atoms with Crippen molar-refractivity contribution in [3.8, 4) is 0 Å². The van der Waals surface area contributed by atoms with E-state index >= 15 is 0 Å². The van der Waals surface area contributed by atoms with Crippen LogP contribution in [0.1, 0.15) is 32.8 Å². The molecule has 21 heavy (non-hydrogen) atoms. The molecule has 0 saturated heterocycles. The monoisotopic (exact) mass is 290 g/mol. The van der Waals surface area contributed by atoms with E-state index in [0.29, 0.717) is 12.2 Å². The van der Waals surface area contributed by atoms with Gasteiger partial charge in [-0.1, -0.05) is 32.9 Å². The molecular formula is C16H22N2O3. The van der Waals surface area contributed by atoms with Gasteiger partial charge in [-0.3, -0.25) is 0 Å². The summed E-state index contributed by atoms with van der Waals surface area (Å²) in [5, 5.41) is 14.1. The van der Waals surface area contributed by atoms with E-state index < -0.39 is 5.97 Å². The molecule has 0 heterocycles. The molecule has 0 aromatic heterocycles. The summed E-state index contributed by atoms with van der Waals surface area (Å²) in [7, 11) is 0. The molecule has 0 aliphatic heterocycles. The van der Waals surface area contributed by atoms with Gasteiger partial charge >= 0.3 is 12.0 Å². The van der Waals surface area contributed by atoms with Crippen molar-refractivity contribution in [3.05, 3.63) is 35.9 Å². The van der Waals surface area contributed by atoms with Gasteiger partial charge in [0.15, 0.2) is 0 Å². The molecule has 5 heteroatoms. The van der Waals surface area contributed by atoms with E-state index in [1.54, 1.807) is 24.3 Å². The molecule has 0 aliphatic rings. The Labute approximate surface area is 125 Å². The van der Waals surface area contributed by atoms with Gasteiger partial charge < -0.3 is 15.7 Å². The third-order valence-corrected chi connectivity index (χ3v) is 3.27. The lowest BCUT2D eigenvalue weighted by Crippen LogP contribution is -2.36. The fourth-order valence-electron chi connectivity index (χ4n) is 1.46. The maximum atomic E-state index is 11.8. The number of anilines is 1. The van der Waals surface area contributed by atoms with E-state index in [9.17, 15) is 9.59 Å². The van der Waals surface area contributed by atoms with Gasteiger partial charge in [-0.05, 0) is 35.6 Å². The molecule has 0 spiro atoms. The predicted octanol–water partition coefficient (Wildman–Crippen LogP) is 3.34. The molecular weight excluding hydrogens is 268 g/mol. The normalized spacial score (nSPS) is 11.4. The zero-order valence-electron chi connectivity index (χ0n) is 12.6. The van der Waals surface area contributed by atoms with Crippen molar-refractivity contribution < 1.29 is 14.7 Å². The van der Waals surface area contributed by atoms with Crippen molar-refractivity contribution in [2.45, 2.75) is 27.2 Å². The summed E-state index contributed by atoms with van der Waals surface area (Å²) in [6.07, 6.45) is 3.55. The van der Waals surface area contributed by atoms with Gasteiger partial charge in [0.25, 0.3) is 0 Å². The molecule has 114 valence electrons. The van der Waals surface area contributed by atoms with Crippen LogP contribution in [0, 0.1) is 5.41 Å². The number of nitrogens with one attached hydrogen (secondary N) is 2. The Kier molecular flexibility index (Phi) is 5.96. The number of carbonyl (C=O) groups is 2. The van der Waals surface area contributed by atoms with Crippen LogP contribution < -0.4 is 10.6 Å². The molecule has 0 bridgehead atoms. The second kappa shape index (κ2) is 7.47. The Morgan fingerprint density at radius 2 is 1.86 bits per heavy atom. The van der Waals surface area contributed by atoms with E-state index in [-0.39, 0.29) is 11.4 Å². The van der Waals surface area contributed by atoms with Crippen LogP contribution in [0.3, 0.4) is 0 Å². The second-order valence-corrected chi connectivity index (χ2v) is 5.62. The molecule has 2 amide bonds. The first-order valence-electron chi connectivity index (χ1n) is 6.88. The lowest BCUT2D eigenvalue weighted by atomic mass is 9.90. The number of carboxylic acid groups (broad SMARTS) is 1. The van der Waals surface area contributed by atoms with E-state index in [1.807, 2.05) is 0 Å². The number of hydrogen-bond donors (Lipinski definition) is 3. The average molecular weight is 290 g/mol. The quantitative estimate of drug-likeness (QED) is 0.703. The number of amides is 2. The standard InChI is InChI=1S/C16H22N2O3/c1-4-16(2,3)11-17-15(21)18-13-8-5-12(6-9-13)7-10-14(19)20/h5-10H,4,11H2,1-3H3,(H,19,20)(H2,17,18,21)/b10-7+. The van der Waals surface area contributed by atoms with Gasteiger partial charge in [0, 0.05) is 18.3 Å². The maximum Gasteiger partial charge on any atom is 0.328 e. The SMILES string of the molecule is CCC(C)(C)CNC(=O)Nc1ccc(/C=C/C(=O)O)cc1. The van der Waals surface area contributed by atoms with Crippen molar-refractivity contribution in [1.29, 1.82) is 0 Å². The fraction of sp³-hybridized carbons (Fsp3) is 0.375. The number of carboxylic acids is 1. The van der Waals surface area contributed by atoms with Gasteiger partial charge in [0.05, 0.1) is 0 Å². The molecule has 0 unspecified atom stereocenters. The molecule has 5 nitrogen and oxygen atoms in total. The Balaban J connectivity index is 2.52. The Morgan fingerprint density at radius 3 is 2.38 bits per heavy atom. The highest BCUT2D eigenvalue weighted by atomic mass is 16.4. The summed E-state index contributed by atoms with van der Waals surface area (Å²) in [5.74, 6) is -0.991. The van der Waals surface area contributed by atoms with Gasteiger partial charge in [-0.15, -0.1) is 0 Å². The Morgan fingerprint density at radius 1 is 1.24 bits per heavy atom. The Bertz CT molecular complexity index is 519. The van der Waals surface area contributed by atoms with Crippen LogP contribution in [-0.4, -0.2) is 23.7 Å². The van der Waals surface area contributed by atoms with Gasteiger partial charge in [-0.25, -0.2) is 9.59 Å². The minimum absolute atomic E-state index is 0.0722. The summed E-state index contributed by atoms with van der Waals surface area (Å²) in [5.41, 5.74) is 1.49. The molecule has 0 atom stereocenters. The summed E-state index contributed by atoms with van der Waals surface area (Å²) in [6.45, 7) is 6.88. The zero-order valence-corrected chi connectivity index (χ0v) is 12.6. The summed E-state index contributed by atoms with van der Waals surface area (Å²) < 4.78 is 0. The zero-order chi connectivity index (χ0) is 15.9. The van der Waals surface area contributed by atoms with E-state index in [2.05, 4.69) is 31.4 Å². The predicted molar refractivity (Wildman–Crippen MR) is 84.2 cm³/mol. The van der Waals surface area contributed by atoms with Crippen LogP contribution in [0.15, 0.2) is 30.3 Å². The minimum Gasteiger partial charge on any atom is -0.478 e.